The summed E-state index contributed by atoms with van der Waals surface area (Å²) in [7, 11) is 1.67. The quantitative estimate of drug-likeness (QED) is 0.508. The van der Waals surface area contributed by atoms with E-state index in [1.54, 1.807) is 13.4 Å². The van der Waals surface area contributed by atoms with E-state index in [1.165, 1.54) is 3.57 Å². The van der Waals surface area contributed by atoms with Gasteiger partial charge in [-0.05, 0) is 54.5 Å². The largest absolute Gasteiger partial charge is 0.497 e. The molecule has 2 aliphatic rings. The Morgan fingerprint density at radius 2 is 2.00 bits per heavy atom. The summed E-state index contributed by atoms with van der Waals surface area (Å²) >= 11 is 2.38. The van der Waals surface area contributed by atoms with Gasteiger partial charge in [-0.2, -0.15) is 0 Å². The molecule has 2 aromatic heterocycles. The molecule has 1 aromatic carbocycles. The first-order valence-corrected chi connectivity index (χ1v) is 10.6. The van der Waals surface area contributed by atoms with Crippen molar-refractivity contribution in [2.45, 2.75) is 38.2 Å². The van der Waals surface area contributed by atoms with Crippen LogP contribution in [0.1, 0.15) is 36.4 Å². The van der Waals surface area contributed by atoms with Gasteiger partial charge in [0.1, 0.15) is 17.7 Å². The molecule has 1 aliphatic heterocycles. The second kappa shape index (κ2) is 7.27. The fourth-order valence-corrected chi connectivity index (χ4v) is 5.37. The first-order chi connectivity index (χ1) is 13.6. The molecule has 146 valence electrons. The molecule has 0 N–H and O–H groups in total. The normalized spacial score (nSPS) is 27.1. The van der Waals surface area contributed by atoms with E-state index >= 15 is 0 Å². The smallest absolute Gasteiger partial charge is 0.184 e. The number of rotatable bonds is 3. The highest BCUT2D eigenvalue weighted by Crippen LogP contribution is 2.44. The van der Waals surface area contributed by atoms with Gasteiger partial charge in [0, 0.05) is 27.3 Å². The van der Waals surface area contributed by atoms with Gasteiger partial charge in [-0.25, -0.2) is 9.97 Å². The van der Waals surface area contributed by atoms with Gasteiger partial charge in [0.2, 0.25) is 0 Å². The van der Waals surface area contributed by atoms with Crippen molar-refractivity contribution in [3.05, 3.63) is 51.6 Å². The second-order valence-corrected chi connectivity index (χ2v) is 8.70. The number of ether oxygens (including phenoxy) is 3. The van der Waals surface area contributed by atoms with Crippen LogP contribution in [0.25, 0.3) is 11.0 Å². The highest BCUT2D eigenvalue weighted by Gasteiger charge is 2.41. The van der Waals surface area contributed by atoms with Crippen LogP contribution in [0.5, 0.6) is 5.75 Å². The summed E-state index contributed by atoms with van der Waals surface area (Å²) in [6.45, 7) is 2.77. The van der Waals surface area contributed by atoms with Crippen LogP contribution in [-0.4, -0.2) is 34.4 Å². The molecule has 0 amide bonds. The molecule has 7 heteroatoms. The zero-order chi connectivity index (χ0) is 19.3. The Morgan fingerprint density at radius 1 is 1.18 bits per heavy atom. The van der Waals surface area contributed by atoms with Crippen molar-refractivity contribution in [3.8, 4) is 5.75 Å². The zero-order valence-electron chi connectivity index (χ0n) is 15.8. The number of fused-ring (bicyclic) bond motifs is 2. The summed E-state index contributed by atoms with van der Waals surface area (Å²) in [5.41, 5.74) is 3.09. The minimum Gasteiger partial charge on any atom is -0.497 e. The maximum absolute atomic E-state index is 6.35. The molecule has 2 fully saturated rings. The molecule has 3 aromatic rings. The van der Waals surface area contributed by atoms with Crippen molar-refractivity contribution >= 4 is 33.6 Å². The highest BCUT2D eigenvalue weighted by molar-refractivity contribution is 14.1. The molecule has 1 saturated carbocycles. The van der Waals surface area contributed by atoms with Crippen LogP contribution in [0.15, 0.2) is 36.8 Å². The van der Waals surface area contributed by atoms with Crippen molar-refractivity contribution in [3.63, 3.8) is 0 Å². The molecule has 0 radical (unpaired) electrons. The molecule has 4 atom stereocenters. The third kappa shape index (κ3) is 3.09. The number of hydrogen-bond acceptors (Lipinski definition) is 5. The van der Waals surface area contributed by atoms with Crippen LogP contribution in [0.2, 0.25) is 0 Å². The lowest BCUT2D eigenvalue weighted by molar-refractivity contribution is -0.233. The van der Waals surface area contributed by atoms with Crippen LogP contribution in [0, 0.1) is 16.4 Å². The lowest BCUT2D eigenvalue weighted by atomic mass is 10.1. The van der Waals surface area contributed by atoms with Crippen molar-refractivity contribution in [1.29, 1.82) is 0 Å². The summed E-state index contributed by atoms with van der Waals surface area (Å²) in [6.07, 6.45) is 5.77. The fourth-order valence-electron chi connectivity index (χ4n) is 4.43. The third-order valence-corrected chi connectivity index (χ3v) is 6.72. The molecule has 6 nitrogen and oxygen atoms in total. The van der Waals surface area contributed by atoms with E-state index in [4.69, 9.17) is 14.2 Å². The summed E-state index contributed by atoms with van der Waals surface area (Å²) in [4.78, 5) is 8.92. The van der Waals surface area contributed by atoms with Crippen LogP contribution in [0.4, 0.5) is 0 Å². The molecule has 5 rings (SSSR count). The van der Waals surface area contributed by atoms with E-state index in [0.717, 1.165) is 47.5 Å². The van der Waals surface area contributed by atoms with Gasteiger partial charge in [0.15, 0.2) is 6.29 Å². The lowest BCUT2D eigenvalue weighted by Crippen LogP contribution is -2.32. The Hall–Kier alpha value is -1.71. The van der Waals surface area contributed by atoms with Gasteiger partial charge >= 0.3 is 0 Å². The molecule has 3 unspecified atom stereocenters. The Labute approximate surface area is 177 Å². The van der Waals surface area contributed by atoms with Gasteiger partial charge < -0.3 is 18.8 Å². The van der Waals surface area contributed by atoms with Gasteiger partial charge in [0.25, 0.3) is 0 Å². The van der Waals surface area contributed by atoms with Gasteiger partial charge in [-0.1, -0.05) is 12.1 Å². The van der Waals surface area contributed by atoms with Gasteiger partial charge in [-0.3, -0.25) is 0 Å². The number of methoxy groups -OCH3 is 1. The molecular formula is C21H22IN3O3. The SMILES string of the molecule is COc1ccc(C2OC[C@@H]3CC(n4cc(I)c5c(C)ncnc54)CC3O2)cc1. The van der Waals surface area contributed by atoms with Gasteiger partial charge in [0.05, 0.1) is 30.9 Å². The summed E-state index contributed by atoms with van der Waals surface area (Å²) in [5, 5.41) is 1.16. The number of hydrogen-bond donors (Lipinski definition) is 0. The fraction of sp³-hybridized carbons (Fsp3) is 0.429. The van der Waals surface area contributed by atoms with Crippen molar-refractivity contribution < 1.29 is 14.2 Å². The van der Waals surface area contributed by atoms with Crippen LogP contribution in [0.3, 0.4) is 0 Å². The Kier molecular flexibility index (Phi) is 4.76. The van der Waals surface area contributed by atoms with Gasteiger partial charge in [-0.15, -0.1) is 0 Å². The highest BCUT2D eigenvalue weighted by atomic mass is 127. The van der Waals surface area contributed by atoms with Crippen LogP contribution in [-0.2, 0) is 9.47 Å². The van der Waals surface area contributed by atoms with Crippen LogP contribution >= 0.6 is 22.6 Å². The number of nitrogens with zero attached hydrogens (tertiary/aromatic N) is 3. The van der Waals surface area contributed by atoms with Crippen LogP contribution < -0.4 is 4.74 Å². The number of aromatic nitrogens is 3. The first-order valence-electron chi connectivity index (χ1n) is 9.52. The summed E-state index contributed by atoms with van der Waals surface area (Å²) < 4.78 is 21.2. The summed E-state index contributed by atoms with van der Waals surface area (Å²) in [5.74, 6) is 1.25. The number of halogens is 1. The molecule has 0 spiro atoms. The van der Waals surface area contributed by atoms with Crippen molar-refractivity contribution in [2.24, 2.45) is 5.92 Å². The molecule has 1 saturated heterocycles. The predicted molar refractivity (Wildman–Crippen MR) is 113 cm³/mol. The Morgan fingerprint density at radius 3 is 2.79 bits per heavy atom. The molecule has 0 bridgehead atoms. The zero-order valence-corrected chi connectivity index (χ0v) is 18.0. The number of benzene rings is 1. The Balaban J connectivity index is 1.36. The van der Waals surface area contributed by atoms with E-state index in [9.17, 15) is 0 Å². The van der Waals surface area contributed by atoms with Crippen molar-refractivity contribution in [2.75, 3.05) is 13.7 Å². The minimum atomic E-state index is -0.308. The second-order valence-electron chi connectivity index (χ2n) is 7.54. The lowest BCUT2D eigenvalue weighted by Gasteiger charge is -2.32. The monoisotopic (exact) mass is 491 g/mol. The maximum atomic E-state index is 6.35. The average Bonchev–Trinajstić information content (AvgIpc) is 3.29. The first kappa shape index (κ1) is 18.3. The van der Waals surface area contributed by atoms with Crippen molar-refractivity contribution in [1.82, 2.24) is 14.5 Å². The Bertz CT molecular complexity index is 1000. The molecular weight excluding hydrogens is 469 g/mol. The minimum absolute atomic E-state index is 0.198. The maximum Gasteiger partial charge on any atom is 0.184 e. The standard InChI is InChI=1S/C21H22IN3O3/c1-12-19-17(22)9-25(20(19)24-11-23-12)15-7-14-10-27-21(28-18(14)8-15)13-3-5-16(26-2)6-4-13/h3-6,9,11,14-15,18,21H,7-8,10H2,1-2H3/t14-,15?,18?,21?/m0/s1. The van der Waals surface area contributed by atoms with E-state index in [2.05, 4.69) is 43.3 Å². The predicted octanol–water partition coefficient (Wildman–Crippen LogP) is 4.42. The van der Waals surface area contributed by atoms with E-state index in [0.29, 0.717) is 12.0 Å². The number of aryl methyl sites for hydroxylation is 1. The molecule has 28 heavy (non-hydrogen) atoms. The average molecular weight is 491 g/mol. The van der Waals surface area contributed by atoms with E-state index < -0.39 is 0 Å². The van der Waals surface area contributed by atoms with E-state index in [1.807, 2.05) is 31.2 Å². The molecule has 1 aliphatic carbocycles. The third-order valence-electron chi connectivity index (χ3n) is 5.90. The topological polar surface area (TPSA) is 58.4 Å². The summed E-state index contributed by atoms with van der Waals surface area (Å²) in [6, 6.07) is 8.28. The van der Waals surface area contributed by atoms with E-state index in [-0.39, 0.29) is 12.4 Å². The molecule has 3 heterocycles.